The van der Waals surface area contributed by atoms with Crippen molar-refractivity contribution >= 4 is 17.7 Å². The molecule has 0 fully saturated rings. The van der Waals surface area contributed by atoms with Gasteiger partial charge in [-0.25, -0.2) is 14.1 Å². The van der Waals surface area contributed by atoms with Gasteiger partial charge in [0.15, 0.2) is 5.69 Å². The van der Waals surface area contributed by atoms with E-state index in [1.807, 2.05) is 0 Å². The minimum atomic E-state index is -1.10. The van der Waals surface area contributed by atoms with Gasteiger partial charge < -0.3 is 10.4 Å². The lowest BCUT2D eigenvalue weighted by molar-refractivity contribution is -0.137. The van der Waals surface area contributed by atoms with Crippen LogP contribution in [0.1, 0.15) is 10.5 Å². The van der Waals surface area contributed by atoms with Crippen LogP contribution in [0.15, 0.2) is 24.5 Å². The van der Waals surface area contributed by atoms with Crippen molar-refractivity contribution in [1.29, 1.82) is 0 Å². The first-order valence-corrected chi connectivity index (χ1v) is 5.09. The van der Waals surface area contributed by atoms with Gasteiger partial charge in [-0.05, 0) is 12.1 Å². The van der Waals surface area contributed by atoms with Gasteiger partial charge >= 0.3 is 5.97 Å². The number of amides is 1. The second kappa shape index (κ2) is 5.21. The zero-order valence-corrected chi connectivity index (χ0v) is 9.45. The molecule has 0 atom stereocenters. The molecule has 0 bridgehead atoms. The van der Waals surface area contributed by atoms with Gasteiger partial charge in [0.25, 0.3) is 5.91 Å². The molecular weight excluding hydrogens is 257 g/mol. The summed E-state index contributed by atoms with van der Waals surface area (Å²) in [4.78, 5) is 25.8. The third kappa shape index (κ3) is 3.31. The molecule has 1 amide bonds. The van der Waals surface area contributed by atoms with Gasteiger partial charge in [0.1, 0.15) is 18.2 Å². The topological polar surface area (TPSA) is 110 Å². The predicted octanol–water partition coefficient (Wildman–Crippen LogP) is 0.149. The lowest BCUT2D eigenvalue weighted by Crippen LogP contribution is -2.13. The summed E-state index contributed by atoms with van der Waals surface area (Å²) >= 11 is 0. The maximum Gasteiger partial charge on any atom is 0.325 e. The Morgan fingerprint density at radius 1 is 1.42 bits per heavy atom. The van der Waals surface area contributed by atoms with Crippen LogP contribution in [-0.2, 0) is 11.3 Å². The largest absolute Gasteiger partial charge is 0.480 e. The Morgan fingerprint density at radius 3 is 2.84 bits per heavy atom. The number of rotatable bonds is 4. The molecule has 0 radical (unpaired) electrons. The summed E-state index contributed by atoms with van der Waals surface area (Å²) < 4.78 is 13.6. The van der Waals surface area contributed by atoms with Gasteiger partial charge in [0.2, 0.25) is 0 Å². The van der Waals surface area contributed by atoms with Gasteiger partial charge in [-0.3, -0.25) is 9.59 Å². The Labute approximate surface area is 105 Å². The molecule has 2 N–H and O–H groups in total. The van der Waals surface area contributed by atoms with E-state index in [1.165, 1.54) is 12.3 Å². The van der Waals surface area contributed by atoms with E-state index in [9.17, 15) is 14.0 Å². The molecule has 2 rings (SSSR count). The Hall–Kier alpha value is -2.84. The molecule has 0 saturated heterocycles. The maximum absolute atomic E-state index is 12.6. The van der Waals surface area contributed by atoms with Crippen molar-refractivity contribution in [3.05, 3.63) is 36.0 Å². The van der Waals surface area contributed by atoms with E-state index in [0.29, 0.717) is 0 Å². The molecule has 0 spiro atoms. The summed E-state index contributed by atoms with van der Waals surface area (Å²) in [5, 5.41) is 17.9. The first kappa shape index (κ1) is 12.6. The normalized spacial score (nSPS) is 10.2. The molecule has 0 aliphatic carbocycles. The molecule has 0 aliphatic rings. The van der Waals surface area contributed by atoms with Crippen LogP contribution in [-0.4, -0.2) is 37.0 Å². The standard InChI is InChI=1S/C10H8FN5O3/c11-6-1-2-8(12-3-6)13-10(19)7-4-16(15-14-7)5-9(17)18/h1-4H,5H2,(H,17,18)(H,12,13,19). The number of carboxylic acid groups (broad SMARTS) is 1. The number of carbonyl (C=O) groups excluding carboxylic acids is 1. The summed E-state index contributed by atoms with van der Waals surface area (Å²) in [7, 11) is 0. The lowest BCUT2D eigenvalue weighted by atomic mass is 10.4. The Bertz CT molecular complexity index is 610. The summed E-state index contributed by atoms with van der Waals surface area (Å²) in [6, 6.07) is 2.43. The Kier molecular flexibility index (Phi) is 3.46. The van der Waals surface area contributed by atoms with Crippen LogP contribution in [0.2, 0.25) is 0 Å². The number of carboxylic acids is 1. The number of aliphatic carboxylic acids is 1. The third-order valence-electron chi connectivity index (χ3n) is 2.04. The van der Waals surface area contributed by atoms with Crippen LogP contribution in [0.4, 0.5) is 10.2 Å². The fourth-order valence-corrected chi connectivity index (χ4v) is 1.25. The molecular formula is C10H8FN5O3. The van der Waals surface area contributed by atoms with Gasteiger partial charge in [-0.2, -0.15) is 0 Å². The van der Waals surface area contributed by atoms with E-state index in [2.05, 4.69) is 20.6 Å². The van der Waals surface area contributed by atoms with Crippen molar-refractivity contribution in [2.24, 2.45) is 0 Å². The number of halogens is 1. The molecule has 2 aromatic rings. The number of nitrogens with one attached hydrogen (secondary N) is 1. The van der Waals surface area contributed by atoms with Crippen molar-refractivity contribution in [2.45, 2.75) is 6.54 Å². The van der Waals surface area contributed by atoms with Gasteiger partial charge in [-0.1, -0.05) is 5.21 Å². The number of nitrogens with zero attached hydrogens (tertiary/aromatic N) is 4. The highest BCUT2D eigenvalue weighted by molar-refractivity contribution is 6.02. The van der Waals surface area contributed by atoms with E-state index >= 15 is 0 Å². The van der Waals surface area contributed by atoms with Gasteiger partial charge in [0, 0.05) is 0 Å². The van der Waals surface area contributed by atoms with E-state index in [-0.39, 0.29) is 11.5 Å². The third-order valence-corrected chi connectivity index (χ3v) is 2.04. The summed E-state index contributed by atoms with van der Waals surface area (Å²) in [5.74, 6) is -2.09. The van der Waals surface area contributed by atoms with Crippen LogP contribution in [0.25, 0.3) is 0 Å². The average Bonchev–Trinajstić information content (AvgIpc) is 2.80. The lowest BCUT2D eigenvalue weighted by Gasteiger charge is -2.00. The fraction of sp³-hybridized carbons (Fsp3) is 0.100. The summed E-state index contributed by atoms with van der Waals surface area (Å²) in [6.45, 7) is -0.394. The molecule has 9 heteroatoms. The monoisotopic (exact) mass is 265 g/mol. The highest BCUT2D eigenvalue weighted by Gasteiger charge is 2.12. The van der Waals surface area contributed by atoms with Crippen molar-refractivity contribution in [2.75, 3.05) is 5.32 Å². The van der Waals surface area contributed by atoms with Crippen LogP contribution >= 0.6 is 0 Å². The molecule has 98 valence electrons. The summed E-state index contributed by atoms with van der Waals surface area (Å²) in [5.41, 5.74) is -0.0626. The highest BCUT2D eigenvalue weighted by atomic mass is 19.1. The van der Waals surface area contributed by atoms with Gasteiger partial charge in [0.05, 0.1) is 12.4 Å². The number of carbonyl (C=O) groups is 2. The van der Waals surface area contributed by atoms with E-state index in [0.717, 1.165) is 16.9 Å². The number of pyridine rings is 1. The van der Waals surface area contributed by atoms with Crippen LogP contribution < -0.4 is 5.32 Å². The molecule has 0 saturated carbocycles. The zero-order valence-electron chi connectivity index (χ0n) is 9.45. The second-order valence-electron chi connectivity index (χ2n) is 3.51. The molecule has 19 heavy (non-hydrogen) atoms. The number of hydrogen-bond donors (Lipinski definition) is 2. The van der Waals surface area contributed by atoms with E-state index < -0.39 is 24.2 Å². The van der Waals surface area contributed by atoms with Crippen molar-refractivity contribution in [3.8, 4) is 0 Å². The minimum absolute atomic E-state index is 0.0626. The number of aromatic nitrogens is 4. The average molecular weight is 265 g/mol. The van der Waals surface area contributed by atoms with Crippen molar-refractivity contribution in [1.82, 2.24) is 20.0 Å². The fourth-order valence-electron chi connectivity index (χ4n) is 1.25. The smallest absolute Gasteiger partial charge is 0.325 e. The minimum Gasteiger partial charge on any atom is -0.480 e. The molecule has 0 aromatic carbocycles. The predicted molar refractivity (Wildman–Crippen MR) is 59.8 cm³/mol. The highest BCUT2D eigenvalue weighted by Crippen LogP contribution is 2.05. The molecule has 2 aromatic heterocycles. The van der Waals surface area contributed by atoms with Gasteiger partial charge in [-0.15, -0.1) is 5.10 Å². The second-order valence-corrected chi connectivity index (χ2v) is 3.51. The van der Waals surface area contributed by atoms with E-state index in [4.69, 9.17) is 5.11 Å². The maximum atomic E-state index is 12.6. The SMILES string of the molecule is O=C(O)Cn1cc(C(=O)Nc2ccc(F)cn2)nn1. The van der Waals surface area contributed by atoms with Crippen molar-refractivity contribution in [3.63, 3.8) is 0 Å². The quantitative estimate of drug-likeness (QED) is 0.814. The molecule has 2 heterocycles. The number of anilines is 1. The number of hydrogen-bond acceptors (Lipinski definition) is 5. The summed E-state index contributed by atoms with van der Waals surface area (Å²) in [6.07, 6.45) is 2.14. The van der Waals surface area contributed by atoms with Crippen LogP contribution in [0.3, 0.4) is 0 Å². The molecule has 0 aliphatic heterocycles. The Morgan fingerprint density at radius 2 is 2.21 bits per heavy atom. The zero-order chi connectivity index (χ0) is 13.8. The first-order chi connectivity index (χ1) is 9.04. The first-order valence-electron chi connectivity index (χ1n) is 5.09. The molecule has 8 nitrogen and oxygen atoms in total. The van der Waals surface area contributed by atoms with Crippen molar-refractivity contribution < 1.29 is 19.1 Å². The Balaban J connectivity index is 2.05. The molecule has 0 unspecified atom stereocenters. The van der Waals surface area contributed by atoms with Crippen LogP contribution in [0, 0.1) is 5.82 Å². The van der Waals surface area contributed by atoms with Crippen LogP contribution in [0.5, 0.6) is 0 Å². The van der Waals surface area contributed by atoms with E-state index in [1.54, 1.807) is 0 Å².